The molecule has 0 saturated carbocycles. The third-order valence-corrected chi connectivity index (χ3v) is 6.32. The molecule has 0 amide bonds. The second-order valence-corrected chi connectivity index (χ2v) is 13.1. The predicted octanol–water partition coefficient (Wildman–Crippen LogP) is 4.92. The van der Waals surface area contributed by atoms with Crippen LogP contribution in [0.15, 0.2) is 12.1 Å². The Labute approximate surface area is 114 Å². The van der Waals surface area contributed by atoms with Crippen LogP contribution in [-0.4, -0.2) is 21.1 Å². The fourth-order valence-corrected chi connectivity index (χ4v) is 4.44. The normalized spacial score (nSPS) is 28.9. The number of rotatable bonds is 4. The Morgan fingerprint density at radius 3 is 2.33 bits per heavy atom. The summed E-state index contributed by atoms with van der Waals surface area (Å²) in [4.78, 5) is 0. The van der Waals surface area contributed by atoms with E-state index in [1.54, 1.807) is 0 Å². The Morgan fingerprint density at radius 2 is 1.78 bits per heavy atom. The maximum atomic E-state index is 6.38. The van der Waals surface area contributed by atoms with Crippen molar-refractivity contribution >= 4 is 15.0 Å². The Morgan fingerprint density at radius 1 is 1.17 bits per heavy atom. The second kappa shape index (κ2) is 5.96. The van der Waals surface area contributed by atoms with Crippen molar-refractivity contribution in [1.82, 2.24) is 0 Å². The van der Waals surface area contributed by atoms with Crippen LogP contribution < -0.4 is 0 Å². The van der Waals surface area contributed by atoms with Crippen LogP contribution in [-0.2, 0) is 4.65 Å². The van der Waals surface area contributed by atoms with Gasteiger partial charge in [-0.05, 0) is 25.1 Å². The van der Waals surface area contributed by atoms with Gasteiger partial charge >= 0.3 is 6.92 Å². The lowest BCUT2D eigenvalue weighted by atomic mass is 9.48. The van der Waals surface area contributed by atoms with Crippen molar-refractivity contribution in [2.45, 2.75) is 82.6 Å². The first-order valence-corrected chi connectivity index (χ1v) is 11.5. The van der Waals surface area contributed by atoms with Gasteiger partial charge in [-0.25, -0.2) is 0 Å². The summed E-state index contributed by atoms with van der Waals surface area (Å²) in [6, 6.07) is 1.36. The molecule has 2 saturated heterocycles. The van der Waals surface area contributed by atoms with Gasteiger partial charge in [0.1, 0.15) is 0 Å². The van der Waals surface area contributed by atoms with Gasteiger partial charge in [-0.15, -0.1) is 6.58 Å². The molecule has 2 rings (SSSR count). The van der Waals surface area contributed by atoms with Crippen molar-refractivity contribution in [2.75, 3.05) is 0 Å². The molecule has 0 spiro atoms. The third kappa shape index (κ3) is 3.99. The molecule has 0 aromatic carbocycles. The van der Waals surface area contributed by atoms with Gasteiger partial charge < -0.3 is 4.65 Å². The Balaban J connectivity index is 1.96. The first-order valence-electron chi connectivity index (χ1n) is 7.79. The smallest absolute Gasteiger partial charge is 0.325 e. The summed E-state index contributed by atoms with van der Waals surface area (Å²) >= 11 is 0. The zero-order chi connectivity index (χ0) is 13.2. The second-order valence-electron chi connectivity index (χ2n) is 7.52. The molecular weight excluding hydrogens is 235 g/mol. The molecular formula is C15H29BOSi. The van der Waals surface area contributed by atoms with Gasteiger partial charge in [0.25, 0.3) is 0 Å². The van der Waals surface area contributed by atoms with E-state index in [0.29, 0.717) is 13.0 Å². The molecule has 0 radical (unpaired) electrons. The van der Waals surface area contributed by atoms with Crippen LogP contribution in [0.1, 0.15) is 44.9 Å². The summed E-state index contributed by atoms with van der Waals surface area (Å²) in [5.74, 6) is 0.770. The molecule has 2 heterocycles. The Bertz CT molecular complexity index is 287. The van der Waals surface area contributed by atoms with Gasteiger partial charge in [0.15, 0.2) is 0 Å². The van der Waals surface area contributed by atoms with E-state index in [1.165, 1.54) is 56.5 Å². The molecule has 2 fully saturated rings. The SMILES string of the molecule is C=C(CC[Si](C)(C)C)B1OC2CCCC1CCC2. The third-order valence-electron chi connectivity index (χ3n) is 4.57. The highest BCUT2D eigenvalue weighted by atomic mass is 28.3. The number of hydrogen-bond acceptors (Lipinski definition) is 1. The van der Waals surface area contributed by atoms with Crippen LogP contribution in [0.3, 0.4) is 0 Å². The molecule has 1 nitrogen and oxygen atoms in total. The molecule has 3 heteroatoms. The predicted molar refractivity (Wildman–Crippen MR) is 84.0 cm³/mol. The fraction of sp³-hybridized carbons (Fsp3) is 0.867. The highest BCUT2D eigenvalue weighted by Crippen LogP contribution is 2.39. The van der Waals surface area contributed by atoms with Crippen LogP contribution >= 0.6 is 0 Å². The lowest BCUT2D eigenvalue weighted by molar-refractivity contribution is 0.189. The van der Waals surface area contributed by atoms with E-state index in [9.17, 15) is 0 Å². The van der Waals surface area contributed by atoms with Gasteiger partial charge in [0.2, 0.25) is 0 Å². The minimum atomic E-state index is -0.946. The standard InChI is InChI=1S/C15H29BOSi/c1-13(11-12-18(2,3)4)16-14-7-5-9-15(17-16)10-6-8-14/h14-15H,1,5-12H2,2-4H3. The van der Waals surface area contributed by atoms with Crippen molar-refractivity contribution in [3.05, 3.63) is 12.1 Å². The molecule has 0 aromatic rings. The molecule has 2 bridgehead atoms. The zero-order valence-corrected chi connectivity index (χ0v) is 13.5. The summed E-state index contributed by atoms with van der Waals surface area (Å²) in [5, 5.41) is 0. The van der Waals surface area contributed by atoms with Gasteiger partial charge in [0, 0.05) is 14.2 Å². The van der Waals surface area contributed by atoms with Gasteiger partial charge in [-0.2, -0.15) is 0 Å². The van der Waals surface area contributed by atoms with Crippen molar-refractivity contribution < 1.29 is 4.65 Å². The highest BCUT2D eigenvalue weighted by molar-refractivity contribution is 6.76. The Hall–Kier alpha value is -0.0182. The van der Waals surface area contributed by atoms with Gasteiger partial charge in [-0.3, -0.25) is 0 Å². The van der Waals surface area contributed by atoms with E-state index in [4.69, 9.17) is 4.65 Å². The summed E-state index contributed by atoms with van der Waals surface area (Å²) in [7, 11) is -0.946. The zero-order valence-electron chi connectivity index (χ0n) is 12.5. The molecule has 102 valence electrons. The van der Waals surface area contributed by atoms with Gasteiger partial charge in [0.05, 0.1) is 0 Å². The average Bonchev–Trinajstić information content (AvgIpc) is 2.56. The van der Waals surface area contributed by atoms with Crippen LogP contribution in [0, 0.1) is 0 Å². The maximum Gasteiger partial charge on any atom is 0.325 e. The largest absolute Gasteiger partial charge is 0.428 e. The fourth-order valence-electron chi connectivity index (χ4n) is 3.37. The molecule has 0 aromatic heterocycles. The minimum Gasteiger partial charge on any atom is -0.428 e. The highest BCUT2D eigenvalue weighted by Gasteiger charge is 2.37. The van der Waals surface area contributed by atoms with Crippen molar-refractivity contribution in [2.24, 2.45) is 0 Å². The first kappa shape index (κ1) is 14.4. The molecule has 0 unspecified atom stereocenters. The summed E-state index contributed by atoms with van der Waals surface area (Å²) in [6.07, 6.45) is 9.78. The first-order chi connectivity index (χ1) is 8.46. The Kier molecular flexibility index (Phi) is 4.76. The summed E-state index contributed by atoms with van der Waals surface area (Å²) in [6.45, 7) is 12.1. The van der Waals surface area contributed by atoms with Crippen LogP contribution in [0.5, 0.6) is 0 Å². The number of fused-ring (bicyclic) bond motifs is 3. The lowest BCUT2D eigenvalue weighted by Gasteiger charge is -2.24. The molecule has 0 atom stereocenters. The molecule has 18 heavy (non-hydrogen) atoms. The van der Waals surface area contributed by atoms with E-state index in [0.717, 1.165) is 5.82 Å². The summed E-state index contributed by atoms with van der Waals surface area (Å²) in [5.41, 5.74) is 1.40. The van der Waals surface area contributed by atoms with Crippen LogP contribution in [0.2, 0.25) is 31.5 Å². The van der Waals surface area contributed by atoms with Crippen LogP contribution in [0.25, 0.3) is 0 Å². The molecule has 0 N–H and O–H groups in total. The monoisotopic (exact) mass is 264 g/mol. The molecule has 0 aliphatic carbocycles. The quantitative estimate of drug-likeness (QED) is 0.654. The topological polar surface area (TPSA) is 9.23 Å². The maximum absolute atomic E-state index is 6.38. The average molecular weight is 264 g/mol. The number of hydrogen-bond donors (Lipinski definition) is 0. The summed E-state index contributed by atoms with van der Waals surface area (Å²) < 4.78 is 6.38. The molecule has 2 aliphatic rings. The van der Waals surface area contributed by atoms with E-state index in [2.05, 4.69) is 26.2 Å². The minimum absolute atomic E-state index is 0.386. The lowest BCUT2D eigenvalue weighted by Crippen LogP contribution is -2.29. The van der Waals surface area contributed by atoms with Crippen LogP contribution in [0.4, 0.5) is 0 Å². The van der Waals surface area contributed by atoms with E-state index < -0.39 is 8.07 Å². The van der Waals surface area contributed by atoms with Crippen molar-refractivity contribution in [3.8, 4) is 0 Å². The molecule has 2 aliphatic heterocycles. The van der Waals surface area contributed by atoms with Crippen molar-refractivity contribution in [3.63, 3.8) is 0 Å². The van der Waals surface area contributed by atoms with Crippen molar-refractivity contribution in [1.29, 1.82) is 0 Å². The van der Waals surface area contributed by atoms with E-state index >= 15 is 0 Å². The van der Waals surface area contributed by atoms with E-state index in [-0.39, 0.29) is 0 Å². The number of allylic oxidation sites excluding steroid dienone is 1. The van der Waals surface area contributed by atoms with E-state index in [1.807, 2.05) is 0 Å². The van der Waals surface area contributed by atoms with Gasteiger partial charge in [-0.1, -0.05) is 56.8 Å².